The fraction of sp³-hybridized carbons (Fsp3) is 0.273. The Balaban J connectivity index is 1.33. The summed E-state index contributed by atoms with van der Waals surface area (Å²) in [6, 6.07) is 14.5. The van der Waals surface area contributed by atoms with E-state index >= 15 is 0 Å². The summed E-state index contributed by atoms with van der Waals surface area (Å²) in [5.74, 6) is -1.11. The summed E-state index contributed by atoms with van der Waals surface area (Å²) >= 11 is 0. The van der Waals surface area contributed by atoms with E-state index in [1.54, 1.807) is 0 Å². The molecule has 1 saturated heterocycles. The number of carbonyl (C=O) groups is 2. The number of carbonyl (C=O) groups excluding carboxylic acids is 2. The predicted octanol–water partition coefficient (Wildman–Crippen LogP) is 4.06. The molecule has 1 aliphatic rings. The van der Waals surface area contributed by atoms with Crippen molar-refractivity contribution in [2.75, 3.05) is 16.8 Å². The average molecular weight is 460 g/mol. The first-order chi connectivity index (χ1) is 15.8. The molecule has 33 heavy (non-hydrogen) atoms. The highest BCUT2D eigenvalue weighted by Gasteiger charge is 2.35. The van der Waals surface area contributed by atoms with Gasteiger partial charge < -0.3 is 14.1 Å². The molecule has 1 aromatic heterocycles. The normalized spacial score (nSPS) is 16.2. The van der Waals surface area contributed by atoms with Crippen LogP contribution in [0.4, 0.5) is 24.9 Å². The van der Waals surface area contributed by atoms with Crippen LogP contribution in [0, 0.1) is 0 Å². The fourth-order valence-corrected chi connectivity index (χ4v) is 3.48. The van der Waals surface area contributed by atoms with Gasteiger partial charge in [-0.15, -0.1) is 18.3 Å². The summed E-state index contributed by atoms with van der Waals surface area (Å²) in [5.41, 5.74) is 1.45. The van der Waals surface area contributed by atoms with Gasteiger partial charge in [-0.05, 0) is 36.2 Å². The minimum atomic E-state index is -4.79. The summed E-state index contributed by atoms with van der Waals surface area (Å²) in [6.45, 7) is 0.210. The van der Waals surface area contributed by atoms with Crippen LogP contribution < -0.4 is 15.0 Å². The van der Waals surface area contributed by atoms with Crippen molar-refractivity contribution < 1.29 is 31.9 Å². The quantitative estimate of drug-likeness (QED) is 0.571. The zero-order valence-corrected chi connectivity index (χ0v) is 17.2. The lowest BCUT2D eigenvalue weighted by Crippen LogP contribution is -2.24. The fourth-order valence-electron chi connectivity index (χ4n) is 3.48. The summed E-state index contributed by atoms with van der Waals surface area (Å²) in [6.07, 6.45) is -3.90. The molecule has 4 rings (SSSR count). The molecular weight excluding hydrogens is 441 g/mol. The first kappa shape index (κ1) is 22.3. The van der Waals surface area contributed by atoms with E-state index in [9.17, 15) is 22.8 Å². The van der Waals surface area contributed by atoms with Gasteiger partial charge in [0.15, 0.2) is 0 Å². The van der Waals surface area contributed by atoms with Crippen molar-refractivity contribution in [2.24, 2.45) is 0 Å². The number of hydrogen-bond donors (Lipinski definition) is 1. The van der Waals surface area contributed by atoms with Crippen molar-refractivity contribution in [1.82, 2.24) is 10.2 Å². The van der Waals surface area contributed by atoms with E-state index in [-0.39, 0.29) is 48.9 Å². The van der Waals surface area contributed by atoms with Gasteiger partial charge in [-0.3, -0.25) is 14.9 Å². The number of amides is 2. The third-order valence-electron chi connectivity index (χ3n) is 5.03. The van der Waals surface area contributed by atoms with Crippen LogP contribution in [-0.4, -0.2) is 34.9 Å². The molecule has 0 saturated carbocycles. The van der Waals surface area contributed by atoms with Crippen LogP contribution in [0.25, 0.3) is 0 Å². The number of aryl methyl sites for hydroxylation is 1. The summed E-state index contributed by atoms with van der Waals surface area (Å²) in [7, 11) is 0. The maximum absolute atomic E-state index is 12.4. The second-order valence-corrected chi connectivity index (χ2v) is 7.43. The lowest BCUT2D eigenvalue weighted by atomic mass is 10.1. The molecule has 1 N–H and O–H groups in total. The van der Waals surface area contributed by atoms with E-state index in [0.29, 0.717) is 12.1 Å². The minimum Gasteiger partial charge on any atom is -0.407 e. The molecule has 11 heteroatoms. The van der Waals surface area contributed by atoms with Crippen molar-refractivity contribution in [2.45, 2.75) is 31.5 Å². The maximum Gasteiger partial charge on any atom is 0.573 e. The first-order valence-electron chi connectivity index (χ1n) is 10.1. The van der Waals surface area contributed by atoms with Gasteiger partial charge in [0.2, 0.25) is 17.7 Å². The molecule has 0 radical (unpaired) electrons. The molecule has 0 bridgehead atoms. The Morgan fingerprint density at radius 3 is 2.55 bits per heavy atom. The smallest absolute Gasteiger partial charge is 0.407 e. The van der Waals surface area contributed by atoms with E-state index in [0.717, 1.165) is 17.7 Å². The van der Waals surface area contributed by atoms with Crippen LogP contribution in [0.2, 0.25) is 0 Å². The van der Waals surface area contributed by atoms with Crippen LogP contribution in [-0.2, 0) is 16.0 Å². The molecule has 3 aromatic rings. The number of nitrogens with one attached hydrogen (secondary N) is 1. The zero-order chi connectivity index (χ0) is 23.4. The third-order valence-corrected chi connectivity index (χ3v) is 5.03. The number of rotatable bonds is 7. The molecule has 0 aliphatic carbocycles. The molecule has 1 fully saturated rings. The molecule has 172 valence electrons. The Labute approximate surface area is 186 Å². The molecular formula is C22H19F3N4O4. The summed E-state index contributed by atoms with van der Waals surface area (Å²) < 4.78 is 46.3. The largest absolute Gasteiger partial charge is 0.573 e. The van der Waals surface area contributed by atoms with Crippen molar-refractivity contribution in [1.29, 1.82) is 0 Å². The van der Waals surface area contributed by atoms with Crippen molar-refractivity contribution >= 4 is 23.5 Å². The Hall–Kier alpha value is -3.89. The Morgan fingerprint density at radius 1 is 1.12 bits per heavy atom. The third kappa shape index (κ3) is 5.88. The van der Waals surface area contributed by atoms with Crippen molar-refractivity contribution in [3.05, 3.63) is 66.1 Å². The van der Waals surface area contributed by atoms with Crippen molar-refractivity contribution in [3.8, 4) is 5.75 Å². The molecule has 8 nitrogen and oxygen atoms in total. The number of nitrogens with zero attached hydrogens (tertiary/aromatic N) is 3. The first-order valence-corrected chi connectivity index (χ1v) is 10.1. The van der Waals surface area contributed by atoms with Crippen LogP contribution in [0.15, 0.2) is 59.0 Å². The van der Waals surface area contributed by atoms with Gasteiger partial charge in [0.05, 0.1) is 5.92 Å². The zero-order valence-electron chi connectivity index (χ0n) is 17.2. The maximum atomic E-state index is 12.4. The van der Waals surface area contributed by atoms with E-state index in [4.69, 9.17) is 4.42 Å². The lowest BCUT2D eigenvalue weighted by molar-refractivity contribution is -0.274. The Bertz CT molecular complexity index is 1120. The number of halogens is 3. The van der Waals surface area contributed by atoms with Crippen LogP contribution in [0.3, 0.4) is 0 Å². The van der Waals surface area contributed by atoms with E-state index in [2.05, 4.69) is 20.3 Å². The molecule has 2 heterocycles. The van der Waals surface area contributed by atoms with Gasteiger partial charge in [0.25, 0.3) is 0 Å². The highest BCUT2D eigenvalue weighted by molar-refractivity contribution is 5.96. The van der Waals surface area contributed by atoms with Crippen LogP contribution >= 0.6 is 0 Å². The SMILES string of the molecule is O=C(CCc1ccccc1)Nc1nnc([C@H]2CC(=O)N(c3ccc(OC(F)(F)F)cc3)C2)o1. The topological polar surface area (TPSA) is 97.6 Å². The minimum absolute atomic E-state index is 0.0531. The highest BCUT2D eigenvalue weighted by atomic mass is 19.4. The molecule has 0 spiro atoms. The van der Waals surface area contributed by atoms with E-state index < -0.39 is 12.3 Å². The second kappa shape index (κ2) is 9.31. The Morgan fingerprint density at radius 2 is 1.85 bits per heavy atom. The lowest BCUT2D eigenvalue weighted by Gasteiger charge is -2.17. The summed E-state index contributed by atoms with van der Waals surface area (Å²) in [4.78, 5) is 26.0. The standard InChI is InChI=1S/C22H19F3N4O4/c23-22(24,25)33-17-9-7-16(8-10-17)29-13-15(12-19(29)31)20-27-28-21(32-20)26-18(30)11-6-14-4-2-1-3-5-14/h1-5,7-10,15H,6,11-13H2,(H,26,28,30)/t15-/m0/s1. The number of aromatic nitrogens is 2. The number of benzene rings is 2. The van der Waals surface area contributed by atoms with Gasteiger partial charge in [0, 0.05) is 25.1 Å². The van der Waals surface area contributed by atoms with Gasteiger partial charge in [0.1, 0.15) is 5.75 Å². The van der Waals surface area contributed by atoms with Crippen molar-refractivity contribution in [3.63, 3.8) is 0 Å². The highest BCUT2D eigenvalue weighted by Crippen LogP contribution is 2.33. The monoisotopic (exact) mass is 460 g/mol. The average Bonchev–Trinajstić information content (AvgIpc) is 3.39. The number of hydrogen-bond acceptors (Lipinski definition) is 6. The number of ether oxygens (including phenoxy) is 1. The van der Waals surface area contributed by atoms with Gasteiger partial charge in [-0.25, -0.2) is 0 Å². The predicted molar refractivity (Wildman–Crippen MR) is 111 cm³/mol. The Kier molecular flexibility index (Phi) is 6.29. The second-order valence-electron chi connectivity index (χ2n) is 7.43. The molecule has 2 aromatic carbocycles. The van der Waals surface area contributed by atoms with Gasteiger partial charge in [-0.1, -0.05) is 35.4 Å². The van der Waals surface area contributed by atoms with E-state index in [1.807, 2.05) is 30.3 Å². The molecule has 2 amide bonds. The molecule has 1 atom stereocenters. The van der Waals surface area contributed by atoms with E-state index in [1.165, 1.54) is 17.0 Å². The number of anilines is 2. The number of alkyl halides is 3. The molecule has 0 unspecified atom stereocenters. The summed E-state index contributed by atoms with van der Waals surface area (Å²) in [5, 5.41) is 10.3. The van der Waals surface area contributed by atoms with Gasteiger partial charge >= 0.3 is 12.4 Å². The van der Waals surface area contributed by atoms with Crippen LogP contribution in [0.1, 0.15) is 30.2 Å². The van der Waals surface area contributed by atoms with Crippen LogP contribution in [0.5, 0.6) is 5.75 Å². The van der Waals surface area contributed by atoms with Gasteiger partial charge in [-0.2, -0.15) is 0 Å². The molecule has 1 aliphatic heterocycles.